The molecule has 0 saturated carbocycles. The zero-order valence-electron chi connectivity index (χ0n) is 20.3. The Balaban J connectivity index is 1.51. The molecule has 3 heterocycles. The van der Waals surface area contributed by atoms with Crippen LogP contribution in [0.1, 0.15) is 25.3 Å². The van der Waals surface area contributed by atoms with Gasteiger partial charge in [0.2, 0.25) is 0 Å². The number of amides is 2. The van der Waals surface area contributed by atoms with Crippen LogP contribution in [0, 0.1) is 0 Å². The molecule has 0 bridgehead atoms. The van der Waals surface area contributed by atoms with E-state index in [0.29, 0.717) is 6.54 Å². The number of hydrogen-bond donors (Lipinski definition) is 1. The highest BCUT2D eigenvalue weighted by Crippen LogP contribution is 2.44. The highest BCUT2D eigenvalue weighted by molar-refractivity contribution is 5.85. The van der Waals surface area contributed by atoms with Crippen LogP contribution in [-0.2, 0) is 44.6 Å². The monoisotopic (exact) mass is 506 g/mol. The first-order valence-corrected chi connectivity index (χ1v) is 11.7. The van der Waals surface area contributed by atoms with E-state index in [1.54, 1.807) is 24.3 Å². The van der Waals surface area contributed by atoms with Gasteiger partial charge in [-0.05, 0) is 12.5 Å². The number of carbonyl (C=O) groups excluding carboxylic acids is 4. The standard InChI is InChI=1S/C24H30N2O10/c1-4-26-18-17(35-23(26)30)13-33-16-11-24(21(28)32-3,36-19(16)18)10-15(20(27)31-2)25-22(29)34-12-14-8-6-5-7-9-14/h5-9,15-19H,4,10-13H2,1-3H3,(H,25,29)/t15-,16+,17+,18+,19-,24+/m0/s1. The molecule has 4 rings (SSSR count). The first-order valence-electron chi connectivity index (χ1n) is 11.7. The molecule has 0 spiro atoms. The highest BCUT2D eigenvalue weighted by Gasteiger charge is 2.62. The Bertz CT molecular complexity index is 988. The predicted molar refractivity (Wildman–Crippen MR) is 121 cm³/mol. The molecule has 1 aromatic carbocycles. The average molecular weight is 507 g/mol. The van der Waals surface area contributed by atoms with E-state index in [4.69, 9.17) is 28.4 Å². The number of nitrogens with one attached hydrogen (secondary N) is 1. The van der Waals surface area contributed by atoms with E-state index in [9.17, 15) is 19.2 Å². The fourth-order valence-electron chi connectivity index (χ4n) is 5.04. The van der Waals surface area contributed by atoms with Gasteiger partial charge in [0.1, 0.15) is 30.9 Å². The fraction of sp³-hybridized carbons (Fsp3) is 0.583. The number of ether oxygens (including phenoxy) is 6. The smallest absolute Gasteiger partial charge is 0.410 e. The van der Waals surface area contributed by atoms with Gasteiger partial charge >= 0.3 is 24.1 Å². The molecular formula is C24H30N2O10. The molecule has 0 unspecified atom stereocenters. The van der Waals surface area contributed by atoms with Crippen LogP contribution in [0.15, 0.2) is 30.3 Å². The van der Waals surface area contributed by atoms with Gasteiger partial charge in [0.15, 0.2) is 5.60 Å². The quantitative estimate of drug-likeness (QED) is 0.403. The molecule has 3 aliphatic rings. The molecule has 0 radical (unpaired) electrons. The van der Waals surface area contributed by atoms with E-state index in [2.05, 4.69) is 5.32 Å². The number of benzene rings is 1. The first kappa shape index (κ1) is 25.7. The second kappa shape index (κ2) is 10.7. The second-order valence-electron chi connectivity index (χ2n) is 8.83. The van der Waals surface area contributed by atoms with Crippen LogP contribution in [0.4, 0.5) is 9.59 Å². The van der Waals surface area contributed by atoms with E-state index in [0.717, 1.165) is 5.56 Å². The van der Waals surface area contributed by atoms with Gasteiger partial charge in [0.05, 0.1) is 26.9 Å². The largest absolute Gasteiger partial charge is 0.467 e. The lowest BCUT2D eigenvalue weighted by molar-refractivity contribution is -0.178. The topological polar surface area (TPSA) is 139 Å². The third kappa shape index (κ3) is 4.96. The van der Waals surface area contributed by atoms with Crippen molar-refractivity contribution in [3.05, 3.63) is 35.9 Å². The summed E-state index contributed by atoms with van der Waals surface area (Å²) in [5, 5.41) is 2.47. The Hall–Kier alpha value is -3.38. The first-order chi connectivity index (χ1) is 17.3. The summed E-state index contributed by atoms with van der Waals surface area (Å²) in [5.41, 5.74) is -0.882. The molecule has 3 aliphatic heterocycles. The van der Waals surface area contributed by atoms with Crippen LogP contribution in [0.5, 0.6) is 0 Å². The zero-order chi connectivity index (χ0) is 25.9. The Morgan fingerprint density at radius 1 is 1.17 bits per heavy atom. The summed E-state index contributed by atoms with van der Waals surface area (Å²) in [6.07, 6.45) is -3.39. The van der Waals surface area contributed by atoms with Crippen LogP contribution in [-0.4, -0.2) is 92.4 Å². The minimum Gasteiger partial charge on any atom is -0.467 e. The number of alkyl carbamates (subject to hydrolysis) is 1. The maximum absolute atomic E-state index is 13.0. The van der Waals surface area contributed by atoms with Crippen molar-refractivity contribution in [1.82, 2.24) is 10.2 Å². The minimum absolute atomic E-state index is 0.0127. The van der Waals surface area contributed by atoms with Crippen LogP contribution in [0.25, 0.3) is 0 Å². The van der Waals surface area contributed by atoms with Crippen molar-refractivity contribution < 1.29 is 47.6 Å². The molecule has 0 aliphatic carbocycles. The Morgan fingerprint density at radius 3 is 2.58 bits per heavy atom. The number of fused-ring (bicyclic) bond motifs is 3. The van der Waals surface area contributed by atoms with E-state index in [1.165, 1.54) is 19.1 Å². The summed E-state index contributed by atoms with van der Waals surface area (Å²) >= 11 is 0. The Morgan fingerprint density at radius 2 is 1.92 bits per heavy atom. The fourth-order valence-corrected chi connectivity index (χ4v) is 5.04. The van der Waals surface area contributed by atoms with Crippen LogP contribution < -0.4 is 5.32 Å². The van der Waals surface area contributed by atoms with Crippen molar-refractivity contribution in [1.29, 1.82) is 0 Å². The Kier molecular flexibility index (Phi) is 7.65. The number of esters is 2. The summed E-state index contributed by atoms with van der Waals surface area (Å²) in [6.45, 7) is 2.34. The number of hydrogen-bond acceptors (Lipinski definition) is 10. The van der Waals surface area contributed by atoms with Crippen LogP contribution in [0.3, 0.4) is 0 Å². The van der Waals surface area contributed by atoms with Crippen molar-refractivity contribution >= 4 is 24.1 Å². The Labute approximate surface area is 208 Å². The van der Waals surface area contributed by atoms with Gasteiger partial charge in [0, 0.05) is 19.4 Å². The maximum Gasteiger partial charge on any atom is 0.410 e. The number of rotatable bonds is 8. The average Bonchev–Trinajstić information content (AvgIpc) is 3.43. The molecule has 2 amide bonds. The molecule has 196 valence electrons. The molecule has 3 fully saturated rings. The third-order valence-electron chi connectivity index (χ3n) is 6.72. The van der Waals surface area contributed by atoms with Crippen LogP contribution in [0.2, 0.25) is 0 Å². The zero-order valence-corrected chi connectivity index (χ0v) is 20.3. The van der Waals surface area contributed by atoms with Crippen LogP contribution >= 0.6 is 0 Å². The van der Waals surface area contributed by atoms with Gasteiger partial charge in [-0.2, -0.15) is 0 Å². The SMILES string of the molecule is CCN1C(=O)O[C@@H]2CO[C@@H]3C[C@](C[C@H](NC(=O)OCc4ccccc4)C(=O)OC)(C(=O)OC)O[C@@H]3[C@@H]21. The molecule has 12 heteroatoms. The molecular weight excluding hydrogens is 476 g/mol. The van der Waals surface area contributed by atoms with Gasteiger partial charge in [-0.1, -0.05) is 30.3 Å². The van der Waals surface area contributed by atoms with Crippen molar-refractivity contribution in [2.24, 2.45) is 0 Å². The maximum atomic E-state index is 13.0. The molecule has 1 aromatic rings. The number of likely N-dealkylation sites (N-methyl/N-ethyl adjacent to an activating group) is 1. The normalized spacial score (nSPS) is 29.4. The second-order valence-corrected chi connectivity index (χ2v) is 8.83. The minimum atomic E-state index is -1.64. The number of methoxy groups -OCH3 is 2. The van der Waals surface area contributed by atoms with Gasteiger partial charge < -0.3 is 33.7 Å². The predicted octanol–water partition coefficient (Wildman–Crippen LogP) is 1.15. The summed E-state index contributed by atoms with van der Waals surface area (Å²) in [7, 11) is 2.37. The lowest BCUT2D eigenvalue weighted by Crippen LogP contribution is -2.55. The molecule has 1 N–H and O–H groups in total. The van der Waals surface area contributed by atoms with E-state index < -0.39 is 60.1 Å². The van der Waals surface area contributed by atoms with Gasteiger partial charge in [-0.25, -0.2) is 19.2 Å². The van der Waals surface area contributed by atoms with E-state index >= 15 is 0 Å². The van der Waals surface area contributed by atoms with Crippen molar-refractivity contribution in [2.75, 3.05) is 27.4 Å². The summed E-state index contributed by atoms with van der Waals surface area (Å²) in [6, 6.07) is 7.28. The molecule has 36 heavy (non-hydrogen) atoms. The summed E-state index contributed by atoms with van der Waals surface area (Å²) in [4.78, 5) is 51.9. The number of nitrogens with zero attached hydrogens (tertiary/aromatic N) is 1. The van der Waals surface area contributed by atoms with Gasteiger partial charge in [-0.15, -0.1) is 0 Å². The lowest BCUT2D eigenvalue weighted by Gasteiger charge is -2.36. The number of carbonyl (C=O) groups is 4. The van der Waals surface area contributed by atoms with Crippen molar-refractivity contribution in [3.63, 3.8) is 0 Å². The molecule has 0 aromatic heterocycles. The van der Waals surface area contributed by atoms with Crippen molar-refractivity contribution in [3.8, 4) is 0 Å². The van der Waals surface area contributed by atoms with E-state index in [-0.39, 0.29) is 26.1 Å². The molecule has 6 atom stereocenters. The highest BCUT2D eigenvalue weighted by atomic mass is 16.6. The van der Waals surface area contributed by atoms with E-state index in [1.807, 2.05) is 13.0 Å². The molecule has 3 saturated heterocycles. The van der Waals surface area contributed by atoms with Crippen molar-refractivity contribution in [2.45, 2.75) is 62.4 Å². The summed E-state index contributed by atoms with van der Waals surface area (Å²) in [5.74, 6) is -1.53. The third-order valence-corrected chi connectivity index (χ3v) is 6.72. The van der Waals surface area contributed by atoms with Gasteiger partial charge in [0.25, 0.3) is 0 Å². The van der Waals surface area contributed by atoms with Gasteiger partial charge in [-0.3, -0.25) is 4.90 Å². The summed E-state index contributed by atoms with van der Waals surface area (Å²) < 4.78 is 32.7. The lowest BCUT2D eigenvalue weighted by atomic mass is 9.88. The molecule has 12 nitrogen and oxygen atoms in total.